The van der Waals surface area contributed by atoms with Gasteiger partial charge in [0.1, 0.15) is 0 Å². The van der Waals surface area contributed by atoms with Gasteiger partial charge in [-0.3, -0.25) is 4.79 Å². The Morgan fingerprint density at radius 1 is 1.35 bits per heavy atom. The van der Waals surface area contributed by atoms with E-state index in [9.17, 15) is 4.79 Å². The molecule has 2 atom stereocenters. The third-order valence-electron chi connectivity index (χ3n) is 4.68. The Bertz CT molecular complexity index is 642. The Morgan fingerprint density at radius 3 is 2.73 bits per heavy atom. The van der Waals surface area contributed by atoms with Gasteiger partial charge in [-0.25, -0.2) is 0 Å². The maximum absolute atomic E-state index is 12.2. The summed E-state index contributed by atoms with van der Waals surface area (Å²) in [5.74, 6) is 1.97. The highest BCUT2D eigenvalue weighted by atomic mass is 35.5. The molecule has 4 nitrogen and oxygen atoms in total. The zero-order valence-electron chi connectivity index (χ0n) is 16.2. The molecule has 1 aliphatic carbocycles. The summed E-state index contributed by atoms with van der Waals surface area (Å²) in [6.45, 7) is 6.91. The average molecular weight is 380 g/mol. The standard InChI is InChI=1S/C21H30ClNO3/c1-14(2)13-26-21-17(22)11-16(12-19(21)25-4)9-10-20(24)23-18-8-6-5-7-15(18)3/h9-12,14-15,18H,5-8,13H2,1-4H3,(H,23,24)/b10-9+/t15-,18+/m0/s1. The summed E-state index contributed by atoms with van der Waals surface area (Å²) in [5.41, 5.74) is 0.801. The summed E-state index contributed by atoms with van der Waals surface area (Å²) >= 11 is 6.35. The molecule has 144 valence electrons. The number of methoxy groups -OCH3 is 1. The molecule has 0 aliphatic heterocycles. The second kappa shape index (κ2) is 9.86. The van der Waals surface area contributed by atoms with Crippen LogP contribution in [-0.2, 0) is 4.79 Å². The normalized spacial score (nSPS) is 20.4. The van der Waals surface area contributed by atoms with Crippen molar-refractivity contribution in [2.24, 2.45) is 11.8 Å². The van der Waals surface area contributed by atoms with E-state index in [0.717, 1.165) is 12.0 Å². The Hall–Kier alpha value is -1.68. The van der Waals surface area contributed by atoms with Crippen LogP contribution in [0.15, 0.2) is 18.2 Å². The summed E-state index contributed by atoms with van der Waals surface area (Å²) in [5, 5.41) is 3.59. The highest BCUT2D eigenvalue weighted by molar-refractivity contribution is 6.32. The third kappa shape index (κ3) is 5.94. The maximum atomic E-state index is 12.2. The average Bonchev–Trinajstić information content (AvgIpc) is 2.60. The topological polar surface area (TPSA) is 47.6 Å². The number of ether oxygens (including phenoxy) is 2. The molecule has 0 aromatic heterocycles. The van der Waals surface area contributed by atoms with Crippen LogP contribution in [0.2, 0.25) is 5.02 Å². The minimum Gasteiger partial charge on any atom is -0.493 e. The molecule has 1 aliphatic rings. The monoisotopic (exact) mass is 379 g/mol. The first-order valence-electron chi connectivity index (χ1n) is 9.39. The van der Waals surface area contributed by atoms with Crippen molar-refractivity contribution in [2.75, 3.05) is 13.7 Å². The lowest BCUT2D eigenvalue weighted by Gasteiger charge is -2.29. The van der Waals surface area contributed by atoms with Crippen molar-refractivity contribution in [3.63, 3.8) is 0 Å². The van der Waals surface area contributed by atoms with Crippen LogP contribution in [0.25, 0.3) is 6.08 Å². The molecular weight excluding hydrogens is 350 g/mol. The van der Waals surface area contributed by atoms with E-state index in [0.29, 0.717) is 35.0 Å². The molecule has 1 N–H and O–H groups in total. The molecular formula is C21H30ClNO3. The molecule has 1 amide bonds. The second-order valence-electron chi connectivity index (χ2n) is 7.45. The SMILES string of the molecule is COc1cc(/C=C/C(=O)N[C@@H]2CCCC[C@@H]2C)cc(Cl)c1OCC(C)C. The van der Waals surface area contributed by atoms with Crippen molar-refractivity contribution < 1.29 is 14.3 Å². The van der Waals surface area contributed by atoms with E-state index < -0.39 is 0 Å². The Kier molecular flexibility index (Phi) is 7.83. The quantitative estimate of drug-likeness (QED) is 0.671. The molecule has 0 saturated heterocycles. The van der Waals surface area contributed by atoms with Gasteiger partial charge in [0.15, 0.2) is 11.5 Å². The summed E-state index contributed by atoms with van der Waals surface area (Å²) in [7, 11) is 1.58. The number of halogens is 1. The molecule has 0 heterocycles. The van der Waals surface area contributed by atoms with E-state index in [1.54, 1.807) is 25.3 Å². The summed E-state index contributed by atoms with van der Waals surface area (Å²) in [6, 6.07) is 3.88. The fourth-order valence-electron chi connectivity index (χ4n) is 3.16. The largest absolute Gasteiger partial charge is 0.493 e. The molecule has 26 heavy (non-hydrogen) atoms. The van der Waals surface area contributed by atoms with Crippen LogP contribution >= 0.6 is 11.6 Å². The number of carbonyl (C=O) groups excluding carboxylic acids is 1. The van der Waals surface area contributed by atoms with Crippen LogP contribution in [0, 0.1) is 11.8 Å². The van der Waals surface area contributed by atoms with Gasteiger partial charge < -0.3 is 14.8 Å². The highest BCUT2D eigenvalue weighted by Gasteiger charge is 2.22. The van der Waals surface area contributed by atoms with E-state index in [1.807, 2.05) is 6.07 Å². The molecule has 1 saturated carbocycles. The van der Waals surface area contributed by atoms with Crippen LogP contribution in [0.1, 0.15) is 52.0 Å². The Labute approximate surface area is 161 Å². The molecule has 0 spiro atoms. The van der Waals surface area contributed by atoms with Crippen molar-refractivity contribution in [3.8, 4) is 11.5 Å². The van der Waals surface area contributed by atoms with Gasteiger partial charge in [-0.2, -0.15) is 0 Å². The number of benzene rings is 1. The minimum atomic E-state index is -0.0704. The number of nitrogens with one attached hydrogen (secondary N) is 1. The van der Waals surface area contributed by atoms with Gasteiger partial charge in [0.05, 0.1) is 18.7 Å². The van der Waals surface area contributed by atoms with Crippen molar-refractivity contribution in [1.29, 1.82) is 0 Å². The highest BCUT2D eigenvalue weighted by Crippen LogP contribution is 2.37. The number of carbonyl (C=O) groups is 1. The van der Waals surface area contributed by atoms with Gasteiger partial charge in [0.2, 0.25) is 5.91 Å². The van der Waals surface area contributed by atoms with Crippen LogP contribution in [0.4, 0.5) is 0 Å². The summed E-state index contributed by atoms with van der Waals surface area (Å²) < 4.78 is 11.2. The first-order chi connectivity index (χ1) is 12.4. The van der Waals surface area contributed by atoms with Gasteiger partial charge in [-0.15, -0.1) is 0 Å². The van der Waals surface area contributed by atoms with Gasteiger partial charge in [0, 0.05) is 12.1 Å². The van der Waals surface area contributed by atoms with Crippen LogP contribution < -0.4 is 14.8 Å². The van der Waals surface area contributed by atoms with Crippen LogP contribution in [-0.4, -0.2) is 25.7 Å². The predicted molar refractivity (Wildman–Crippen MR) is 107 cm³/mol. The lowest BCUT2D eigenvalue weighted by atomic mass is 9.86. The van der Waals surface area contributed by atoms with Gasteiger partial charge in [-0.1, -0.05) is 45.2 Å². The number of rotatable bonds is 7. The first kappa shape index (κ1) is 20.6. The Balaban J connectivity index is 2.04. The molecule has 5 heteroatoms. The second-order valence-corrected chi connectivity index (χ2v) is 7.86. The van der Waals surface area contributed by atoms with Crippen LogP contribution in [0.3, 0.4) is 0 Å². The molecule has 1 fully saturated rings. The lowest BCUT2D eigenvalue weighted by molar-refractivity contribution is -0.117. The number of hydrogen-bond donors (Lipinski definition) is 1. The first-order valence-corrected chi connectivity index (χ1v) is 9.77. The van der Waals surface area contributed by atoms with Crippen molar-refractivity contribution >= 4 is 23.6 Å². The van der Waals surface area contributed by atoms with E-state index in [4.69, 9.17) is 21.1 Å². The third-order valence-corrected chi connectivity index (χ3v) is 4.96. The molecule has 0 unspecified atom stereocenters. The van der Waals surface area contributed by atoms with Crippen molar-refractivity contribution in [1.82, 2.24) is 5.32 Å². The van der Waals surface area contributed by atoms with E-state index in [-0.39, 0.29) is 11.9 Å². The van der Waals surface area contributed by atoms with E-state index in [1.165, 1.54) is 19.3 Å². The van der Waals surface area contributed by atoms with Gasteiger partial charge >= 0.3 is 0 Å². The summed E-state index contributed by atoms with van der Waals surface area (Å²) in [6.07, 6.45) is 7.99. The Morgan fingerprint density at radius 2 is 2.08 bits per heavy atom. The zero-order valence-corrected chi connectivity index (χ0v) is 16.9. The molecule has 1 aromatic rings. The summed E-state index contributed by atoms with van der Waals surface area (Å²) in [4.78, 5) is 12.2. The molecule has 2 rings (SSSR count). The molecule has 1 aromatic carbocycles. The minimum absolute atomic E-state index is 0.0704. The zero-order chi connectivity index (χ0) is 19.1. The number of amides is 1. The van der Waals surface area contributed by atoms with E-state index >= 15 is 0 Å². The van der Waals surface area contributed by atoms with Crippen LogP contribution in [0.5, 0.6) is 11.5 Å². The maximum Gasteiger partial charge on any atom is 0.244 e. The van der Waals surface area contributed by atoms with Gasteiger partial charge in [0.25, 0.3) is 0 Å². The van der Waals surface area contributed by atoms with E-state index in [2.05, 4.69) is 26.1 Å². The predicted octanol–water partition coefficient (Wildman–Crippen LogP) is 5.09. The fourth-order valence-corrected chi connectivity index (χ4v) is 3.43. The lowest BCUT2D eigenvalue weighted by Crippen LogP contribution is -2.40. The van der Waals surface area contributed by atoms with Gasteiger partial charge in [-0.05, 0) is 48.4 Å². The smallest absolute Gasteiger partial charge is 0.244 e. The van der Waals surface area contributed by atoms with Crippen molar-refractivity contribution in [3.05, 3.63) is 28.8 Å². The van der Waals surface area contributed by atoms with Crippen molar-refractivity contribution in [2.45, 2.75) is 52.5 Å². The number of hydrogen-bond acceptors (Lipinski definition) is 3. The molecule has 0 bridgehead atoms. The fraction of sp³-hybridized carbons (Fsp3) is 0.571. The molecule has 0 radical (unpaired) electrons.